The molecule has 1 amide bonds. The second-order valence-corrected chi connectivity index (χ2v) is 7.14. The summed E-state index contributed by atoms with van der Waals surface area (Å²) in [6.45, 7) is 2.05. The first kappa shape index (κ1) is 17.4. The molecule has 2 aromatic carbocycles. The van der Waals surface area contributed by atoms with E-state index in [0.717, 1.165) is 5.56 Å². The van der Waals surface area contributed by atoms with Gasteiger partial charge in [0.15, 0.2) is 5.43 Å². The van der Waals surface area contributed by atoms with Crippen LogP contribution in [0.4, 0.5) is 4.39 Å². The fourth-order valence-electron chi connectivity index (χ4n) is 3.86. The fourth-order valence-corrected chi connectivity index (χ4v) is 3.86. The second-order valence-electron chi connectivity index (χ2n) is 7.14. The van der Waals surface area contributed by atoms with Crippen molar-refractivity contribution in [1.82, 2.24) is 4.90 Å². The molecule has 6 heteroatoms. The Hall–Kier alpha value is -3.67. The molecule has 2 aromatic heterocycles. The van der Waals surface area contributed by atoms with E-state index in [4.69, 9.17) is 8.83 Å². The normalized spacial score (nSPS) is 15.9. The predicted molar refractivity (Wildman–Crippen MR) is 104 cm³/mol. The first-order valence-corrected chi connectivity index (χ1v) is 9.19. The van der Waals surface area contributed by atoms with Crippen LogP contribution in [0.15, 0.2) is 74.5 Å². The van der Waals surface area contributed by atoms with Gasteiger partial charge >= 0.3 is 0 Å². The van der Waals surface area contributed by atoms with Crippen molar-refractivity contribution in [3.05, 3.63) is 105 Å². The molecule has 3 heterocycles. The third-order valence-electron chi connectivity index (χ3n) is 5.21. The Morgan fingerprint density at radius 2 is 1.86 bits per heavy atom. The van der Waals surface area contributed by atoms with Gasteiger partial charge in [0.2, 0.25) is 5.76 Å². The summed E-state index contributed by atoms with van der Waals surface area (Å²) in [4.78, 5) is 28.1. The Morgan fingerprint density at radius 1 is 1.07 bits per heavy atom. The van der Waals surface area contributed by atoms with Gasteiger partial charge in [0, 0.05) is 0 Å². The van der Waals surface area contributed by atoms with Crippen LogP contribution in [-0.2, 0) is 6.54 Å². The number of carbonyl (C=O) groups is 1. The van der Waals surface area contributed by atoms with Gasteiger partial charge in [0.05, 0.1) is 29.8 Å². The van der Waals surface area contributed by atoms with E-state index in [0.29, 0.717) is 22.3 Å². The van der Waals surface area contributed by atoms with Gasteiger partial charge in [-0.1, -0.05) is 23.8 Å². The van der Waals surface area contributed by atoms with Gasteiger partial charge < -0.3 is 13.7 Å². The molecule has 0 bridgehead atoms. The van der Waals surface area contributed by atoms with Crippen molar-refractivity contribution in [2.45, 2.75) is 19.5 Å². The summed E-state index contributed by atoms with van der Waals surface area (Å²) >= 11 is 0. The number of hydrogen-bond acceptors (Lipinski definition) is 4. The SMILES string of the molecule is Cc1ccc2oc3c(c(=O)c2c1)[C@@H](c1ccc(F)cc1)N(Cc1ccco1)C3=O. The molecule has 144 valence electrons. The highest BCUT2D eigenvalue weighted by Gasteiger charge is 2.43. The van der Waals surface area contributed by atoms with E-state index in [1.54, 1.807) is 36.4 Å². The summed E-state index contributed by atoms with van der Waals surface area (Å²) in [5.41, 5.74) is 1.93. The van der Waals surface area contributed by atoms with Crippen LogP contribution in [0.2, 0.25) is 0 Å². The second kappa shape index (κ2) is 6.44. The number of amides is 1. The molecule has 0 saturated carbocycles. The number of carbonyl (C=O) groups excluding carboxylic acids is 1. The zero-order valence-electron chi connectivity index (χ0n) is 15.5. The predicted octanol–water partition coefficient (Wildman–Crippen LogP) is 4.58. The Morgan fingerprint density at radius 3 is 2.59 bits per heavy atom. The molecule has 1 aliphatic heterocycles. The minimum atomic E-state index is -0.690. The lowest BCUT2D eigenvalue weighted by atomic mass is 9.98. The summed E-state index contributed by atoms with van der Waals surface area (Å²) in [6.07, 6.45) is 1.52. The molecule has 0 fully saturated rings. The molecule has 4 aromatic rings. The maximum atomic E-state index is 13.5. The summed E-state index contributed by atoms with van der Waals surface area (Å²) < 4.78 is 24.8. The van der Waals surface area contributed by atoms with Gasteiger partial charge in [-0.05, 0) is 48.9 Å². The smallest absolute Gasteiger partial charge is 0.291 e. The average Bonchev–Trinajstić information content (AvgIpc) is 3.32. The van der Waals surface area contributed by atoms with Crippen LogP contribution in [0.5, 0.6) is 0 Å². The quantitative estimate of drug-likeness (QED) is 0.515. The maximum absolute atomic E-state index is 13.5. The molecule has 0 spiro atoms. The fraction of sp³-hybridized carbons (Fsp3) is 0.130. The molecule has 29 heavy (non-hydrogen) atoms. The molecule has 0 unspecified atom stereocenters. The maximum Gasteiger partial charge on any atom is 0.291 e. The van der Waals surface area contributed by atoms with Crippen molar-refractivity contribution in [2.75, 3.05) is 0 Å². The highest BCUT2D eigenvalue weighted by Crippen LogP contribution is 2.39. The molecular weight excluding hydrogens is 373 g/mol. The van der Waals surface area contributed by atoms with E-state index < -0.39 is 17.8 Å². The molecule has 0 N–H and O–H groups in total. The van der Waals surface area contributed by atoms with Gasteiger partial charge in [0.1, 0.15) is 17.2 Å². The third kappa shape index (κ3) is 2.76. The summed E-state index contributed by atoms with van der Waals surface area (Å²) in [5, 5.41) is 0.420. The first-order chi connectivity index (χ1) is 14.0. The number of benzene rings is 2. The van der Waals surface area contributed by atoms with E-state index in [1.165, 1.54) is 23.3 Å². The molecule has 1 aliphatic rings. The van der Waals surface area contributed by atoms with Crippen LogP contribution in [-0.4, -0.2) is 10.8 Å². The Kier molecular flexibility index (Phi) is 3.87. The van der Waals surface area contributed by atoms with Crippen LogP contribution < -0.4 is 5.43 Å². The molecule has 5 rings (SSSR count). The number of nitrogens with zero attached hydrogens (tertiary/aromatic N) is 1. The van der Waals surface area contributed by atoms with Gasteiger partial charge in [-0.15, -0.1) is 0 Å². The van der Waals surface area contributed by atoms with E-state index in [1.807, 2.05) is 13.0 Å². The van der Waals surface area contributed by atoms with Crippen LogP contribution in [0.25, 0.3) is 11.0 Å². The highest BCUT2D eigenvalue weighted by molar-refractivity contribution is 5.99. The van der Waals surface area contributed by atoms with Gasteiger partial charge in [-0.2, -0.15) is 0 Å². The van der Waals surface area contributed by atoms with Gasteiger partial charge in [-0.25, -0.2) is 4.39 Å². The largest absolute Gasteiger partial charge is 0.467 e. The topological polar surface area (TPSA) is 63.7 Å². The lowest BCUT2D eigenvalue weighted by Gasteiger charge is -2.24. The molecule has 1 atom stereocenters. The number of halogens is 1. The number of fused-ring (bicyclic) bond motifs is 2. The van der Waals surface area contributed by atoms with Crippen LogP contribution >= 0.6 is 0 Å². The Labute approximate surface area is 165 Å². The highest BCUT2D eigenvalue weighted by atomic mass is 19.1. The number of rotatable bonds is 3. The number of hydrogen-bond donors (Lipinski definition) is 0. The van der Waals surface area contributed by atoms with E-state index in [2.05, 4.69) is 0 Å². The van der Waals surface area contributed by atoms with Crippen molar-refractivity contribution < 1.29 is 18.0 Å². The molecule has 0 saturated heterocycles. The minimum absolute atomic E-state index is 0.0206. The van der Waals surface area contributed by atoms with E-state index in [9.17, 15) is 14.0 Å². The zero-order valence-corrected chi connectivity index (χ0v) is 15.5. The van der Waals surface area contributed by atoms with Crippen molar-refractivity contribution in [2.24, 2.45) is 0 Å². The standard InChI is InChI=1S/C23H16FNO4/c1-13-4-9-18-17(11-13)21(26)19-20(14-5-7-15(24)8-6-14)25(23(27)22(19)29-18)12-16-3-2-10-28-16/h2-11,20H,12H2,1H3/t20-/m1/s1. The summed E-state index contributed by atoms with van der Waals surface area (Å²) in [6, 6.07) is 13.9. The number of furan rings is 1. The Balaban J connectivity index is 1.75. The first-order valence-electron chi connectivity index (χ1n) is 9.19. The van der Waals surface area contributed by atoms with Crippen LogP contribution in [0.3, 0.4) is 0 Å². The molecule has 0 radical (unpaired) electrons. The zero-order chi connectivity index (χ0) is 20.1. The minimum Gasteiger partial charge on any atom is -0.467 e. The molecular formula is C23H16FNO4. The van der Waals surface area contributed by atoms with E-state index in [-0.39, 0.29) is 23.3 Å². The third-order valence-corrected chi connectivity index (χ3v) is 5.21. The number of aryl methyl sites for hydroxylation is 1. The van der Waals surface area contributed by atoms with Crippen molar-refractivity contribution >= 4 is 16.9 Å². The lowest BCUT2D eigenvalue weighted by molar-refractivity contribution is 0.0701. The van der Waals surface area contributed by atoms with Gasteiger partial charge in [0.25, 0.3) is 5.91 Å². The van der Waals surface area contributed by atoms with Gasteiger partial charge in [-0.3, -0.25) is 9.59 Å². The average molecular weight is 389 g/mol. The van der Waals surface area contributed by atoms with Crippen LogP contribution in [0, 0.1) is 12.7 Å². The summed E-state index contributed by atoms with van der Waals surface area (Å²) in [7, 11) is 0. The Bertz CT molecular complexity index is 1290. The lowest BCUT2D eigenvalue weighted by Crippen LogP contribution is -2.29. The van der Waals surface area contributed by atoms with Crippen LogP contribution in [0.1, 0.15) is 39.0 Å². The van der Waals surface area contributed by atoms with Crippen molar-refractivity contribution in [3.63, 3.8) is 0 Å². The molecule has 5 nitrogen and oxygen atoms in total. The summed E-state index contributed by atoms with van der Waals surface area (Å²) in [5.74, 6) is -0.194. The van der Waals surface area contributed by atoms with Crippen molar-refractivity contribution in [3.8, 4) is 0 Å². The monoisotopic (exact) mass is 389 g/mol. The molecule has 0 aliphatic carbocycles. The van der Waals surface area contributed by atoms with Crippen molar-refractivity contribution in [1.29, 1.82) is 0 Å². The van der Waals surface area contributed by atoms with E-state index >= 15 is 0 Å².